The third kappa shape index (κ3) is 13.4. The van der Waals surface area contributed by atoms with Crippen LogP contribution in [0, 0.1) is 0 Å². The van der Waals surface area contributed by atoms with E-state index in [1.165, 1.54) is 26.1 Å². The predicted molar refractivity (Wildman–Crippen MR) is 197 cm³/mol. The van der Waals surface area contributed by atoms with Crippen molar-refractivity contribution in [1.82, 2.24) is 9.55 Å². The van der Waals surface area contributed by atoms with Crippen LogP contribution < -0.4 is 16.1 Å². The van der Waals surface area contributed by atoms with Crippen LogP contribution in [0.15, 0.2) is 21.9 Å². The molecule has 2 heterocycles. The summed E-state index contributed by atoms with van der Waals surface area (Å²) in [6.07, 6.45) is -42.3. The number of halogens is 34. The molecule has 1 saturated heterocycles. The van der Waals surface area contributed by atoms with Crippen molar-refractivity contribution in [1.29, 1.82) is 0 Å². The smallest absolute Gasteiger partial charge is 0.460 e. The van der Waals surface area contributed by atoms with E-state index in [1.54, 1.807) is 0 Å². The maximum Gasteiger partial charge on any atom is 0.460 e. The summed E-state index contributed by atoms with van der Waals surface area (Å²) in [5.41, 5.74) is -3.49. The van der Waals surface area contributed by atoms with E-state index in [9.17, 15) is 178 Å². The van der Waals surface area contributed by atoms with Gasteiger partial charge < -0.3 is 32.6 Å². The van der Waals surface area contributed by atoms with Crippen molar-refractivity contribution in [3.05, 3.63) is 33.1 Å². The third-order valence-corrected chi connectivity index (χ3v) is 12.2. The summed E-state index contributed by atoms with van der Waals surface area (Å²) in [4.78, 5) is 64.1. The summed E-state index contributed by atoms with van der Waals surface area (Å²) in [5.74, 6) is -127. The standard InChI is InChI=1S/C36H30F34N3O11P/c1-73(2,3)10-11-80-85(78,79)81-12-13-17(83-15(75)4-7-21(37,38)23(41,42)25(45,46)27(49,50)29(53,54)31(57,58)33(61,62)35(65,66)67)18(19(82-13)72-9-6-14(74)71-20(72)77)84-16(76)5-8-22(39,40)24(43,44)26(47,48)28(51,52)30(55,56)32(59,60)34(63,64)36(68,69)70/h6,9,13,17-19H,4-5,7-8,10-12H2,1-3H3,(H-,71,74,77,78,79)/t13-,17-,18-,19-/m1/s1. The van der Waals surface area contributed by atoms with Gasteiger partial charge in [-0.05, 0) is 0 Å². The normalized spacial score (nSPS) is 20.4. The fourth-order valence-corrected chi connectivity index (χ4v) is 6.95. The first-order chi connectivity index (χ1) is 37.1. The first-order valence-corrected chi connectivity index (χ1v) is 22.7. The highest BCUT2D eigenvalue weighted by atomic mass is 31.2. The third-order valence-electron chi connectivity index (χ3n) is 11.2. The van der Waals surface area contributed by atoms with E-state index in [4.69, 9.17) is 4.74 Å². The van der Waals surface area contributed by atoms with Crippen molar-refractivity contribution in [2.75, 3.05) is 40.9 Å². The van der Waals surface area contributed by atoms with Crippen molar-refractivity contribution in [3.8, 4) is 0 Å². The van der Waals surface area contributed by atoms with E-state index in [0.717, 1.165) is 0 Å². The number of hydrogen-bond acceptors (Lipinski definition) is 11. The molecule has 1 aromatic heterocycles. The SMILES string of the molecule is C[N+](C)(C)CCOP(=O)([O-])OC[C@H]1O[C@@H](n2ccc(=O)[nH]c2=O)[C@H](OC(=O)CCC(F)(F)C(F)(F)C(F)(F)C(F)(F)C(F)(F)C(F)(F)C(F)(F)C(F)(F)F)[C@@H]1OC(=O)CCC(F)(F)C(F)(F)C(F)(F)C(F)(F)C(F)(F)C(F)(F)C(F)(F)C(F)(F)F. The number of H-pyrrole nitrogens is 1. The number of quaternary nitrogens is 1. The van der Waals surface area contributed by atoms with E-state index < -0.39 is 190 Å². The highest BCUT2D eigenvalue weighted by Gasteiger charge is 2.97. The quantitative estimate of drug-likeness (QED) is 0.0366. The van der Waals surface area contributed by atoms with Gasteiger partial charge in [0, 0.05) is 25.1 Å². The topological polar surface area (TPSA) is 175 Å². The van der Waals surface area contributed by atoms with Gasteiger partial charge in [0.2, 0.25) is 0 Å². The second-order valence-electron chi connectivity index (χ2n) is 18.4. The molecule has 0 radical (unpaired) electrons. The van der Waals surface area contributed by atoms with Gasteiger partial charge in [0.25, 0.3) is 13.4 Å². The molecule has 0 aromatic carbocycles. The zero-order chi connectivity index (χ0) is 67.8. The van der Waals surface area contributed by atoms with Gasteiger partial charge in [-0.2, -0.15) is 149 Å². The minimum absolute atomic E-state index is 0.101. The highest BCUT2D eigenvalue weighted by Crippen LogP contribution is 2.66. The van der Waals surface area contributed by atoms with Crippen LogP contribution in [0.2, 0.25) is 0 Å². The van der Waals surface area contributed by atoms with Gasteiger partial charge in [-0.3, -0.25) is 28.5 Å². The van der Waals surface area contributed by atoms with Gasteiger partial charge in [-0.15, -0.1) is 0 Å². The Morgan fingerprint density at radius 2 is 0.847 bits per heavy atom. The number of nitrogens with one attached hydrogen (secondary N) is 1. The molecular weight excluding hydrogens is 1330 g/mol. The Labute approximate surface area is 445 Å². The number of carbonyl (C=O) groups is 2. The van der Waals surface area contributed by atoms with E-state index >= 15 is 0 Å². The summed E-state index contributed by atoms with van der Waals surface area (Å²) in [5, 5.41) is 0. The summed E-state index contributed by atoms with van der Waals surface area (Å²) in [6.45, 7) is -3.21. The largest absolute Gasteiger partial charge is 0.756 e. The van der Waals surface area contributed by atoms with Gasteiger partial charge in [0.15, 0.2) is 18.4 Å². The summed E-state index contributed by atoms with van der Waals surface area (Å²) < 4.78 is 505. The molecule has 1 aliphatic heterocycles. The van der Waals surface area contributed by atoms with Crippen LogP contribution in [0.3, 0.4) is 0 Å². The highest BCUT2D eigenvalue weighted by molar-refractivity contribution is 7.45. The van der Waals surface area contributed by atoms with Crippen molar-refractivity contribution in [3.63, 3.8) is 0 Å². The summed E-state index contributed by atoms with van der Waals surface area (Å²) >= 11 is 0. The Hall–Kier alpha value is -4.73. The molecule has 1 aliphatic rings. The van der Waals surface area contributed by atoms with E-state index in [1.807, 2.05) is 0 Å². The number of esters is 2. The number of nitrogens with zero attached hydrogens (tertiary/aromatic N) is 2. The van der Waals surface area contributed by atoms with Crippen LogP contribution in [-0.4, -0.2) is 180 Å². The molecule has 5 atom stereocenters. The predicted octanol–water partition coefficient (Wildman–Crippen LogP) is 10.0. The van der Waals surface area contributed by atoms with Crippen LogP contribution in [0.4, 0.5) is 149 Å². The number of ether oxygens (including phenoxy) is 3. The Morgan fingerprint density at radius 1 is 0.529 bits per heavy atom. The second kappa shape index (κ2) is 23.0. The maximum atomic E-state index is 14.8. The lowest BCUT2D eigenvalue weighted by Crippen LogP contribution is -2.74. The summed E-state index contributed by atoms with van der Waals surface area (Å²) in [7, 11) is -1.82. The van der Waals surface area contributed by atoms with Gasteiger partial charge >= 0.3 is 113 Å². The van der Waals surface area contributed by atoms with Gasteiger partial charge in [-0.1, -0.05) is 0 Å². The molecule has 0 aliphatic carbocycles. The lowest BCUT2D eigenvalue weighted by molar-refractivity contribution is -0.870. The number of likely N-dealkylation sites (N-methyl/N-ethyl adjacent to an activating group) is 1. The van der Waals surface area contributed by atoms with Crippen LogP contribution in [0.25, 0.3) is 0 Å². The molecule has 0 saturated carbocycles. The van der Waals surface area contributed by atoms with Crippen LogP contribution in [0.5, 0.6) is 0 Å². The number of carbonyl (C=O) groups excluding carboxylic acids is 2. The Balaban J connectivity index is 2.77. The van der Waals surface area contributed by atoms with Crippen molar-refractivity contribution in [2.45, 2.75) is 145 Å². The maximum absolute atomic E-state index is 14.8. The molecular formula is C36H30F34N3O11P. The van der Waals surface area contributed by atoms with Crippen molar-refractivity contribution >= 4 is 19.8 Å². The number of hydrogen-bond donors (Lipinski definition) is 1. The fraction of sp³-hybridized carbons (Fsp3) is 0.833. The summed E-state index contributed by atoms with van der Waals surface area (Å²) in [6, 6.07) is 0.171. The fourth-order valence-electron chi connectivity index (χ4n) is 6.24. The van der Waals surface area contributed by atoms with E-state index in [-0.39, 0.29) is 27.9 Å². The van der Waals surface area contributed by atoms with Crippen LogP contribution in [-0.2, 0) is 37.4 Å². The number of phosphoric ester groups is 1. The Morgan fingerprint density at radius 3 is 1.16 bits per heavy atom. The van der Waals surface area contributed by atoms with Gasteiger partial charge in [0.05, 0.1) is 40.6 Å². The average molecular weight is 1360 g/mol. The van der Waals surface area contributed by atoms with E-state index in [2.05, 4.69) is 18.5 Å². The van der Waals surface area contributed by atoms with Gasteiger partial charge in [0.1, 0.15) is 19.3 Å². The monoisotopic (exact) mass is 1360 g/mol. The molecule has 14 nitrogen and oxygen atoms in total. The first-order valence-electron chi connectivity index (χ1n) is 21.2. The second-order valence-corrected chi connectivity index (χ2v) is 19.8. The lowest BCUT2D eigenvalue weighted by atomic mass is 9.88. The number of phosphoric acid groups is 1. The van der Waals surface area contributed by atoms with Gasteiger partial charge in [-0.25, -0.2) is 4.79 Å². The van der Waals surface area contributed by atoms with Crippen molar-refractivity contribution in [2.24, 2.45) is 0 Å². The number of aromatic nitrogens is 2. The molecule has 1 unspecified atom stereocenters. The minimum Gasteiger partial charge on any atom is -0.756 e. The Bertz CT molecular complexity index is 2720. The molecule has 85 heavy (non-hydrogen) atoms. The lowest BCUT2D eigenvalue weighted by Gasteiger charge is -2.42. The number of alkyl halides is 34. The Kier molecular flexibility index (Phi) is 20.7. The zero-order valence-corrected chi connectivity index (χ0v) is 41.5. The molecule has 0 spiro atoms. The molecule has 49 heteroatoms. The number of aromatic amines is 1. The molecule has 1 fully saturated rings. The molecule has 2 rings (SSSR count). The molecule has 1 aromatic rings. The van der Waals surface area contributed by atoms with Crippen LogP contribution in [0.1, 0.15) is 31.9 Å². The minimum atomic E-state index is -9.17. The molecule has 0 bridgehead atoms. The molecule has 0 amide bonds. The van der Waals surface area contributed by atoms with E-state index in [0.29, 0.717) is 0 Å². The zero-order valence-electron chi connectivity index (χ0n) is 40.6. The average Bonchev–Trinajstić information content (AvgIpc) is 1.21. The number of rotatable bonds is 28. The molecule has 498 valence electrons. The van der Waals surface area contributed by atoms with Crippen LogP contribution >= 0.6 is 7.82 Å². The molecule has 1 N–H and O–H groups in total. The van der Waals surface area contributed by atoms with Crippen molar-refractivity contribution < 1.29 is 196 Å². The first kappa shape index (κ1) is 76.4.